The molecule has 0 aliphatic heterocycles. The molecule has 2 aromatic rings. The lowest BCUT2D eigenvalue weighted by atomic mass is 10.2. The van der Waals surface area contributed by atoms with Crippen molar-refractivity contribution in [3.05, 3.63) is 35.5 Å². The lowest BCUT2D eigenvalue weighted by molar-refractivity contribution is 0.414. The number of ether oxygens (including phenoxy) is 1. The highest BCUT2D eigenvalue weighted by Crippen LogP contribution is 2.24. The van der Waals surface area contributed by atoms with E-state index in [9.17, 15) is 0 Å². The van der Waals surface area contributed by atoms with Crippen LogP contribution in [0.3, 0.4) is 0 Å². The van der Waals surface area contributed by atoms with E-state index in [4.69, 9.17) is 4.74 Å². The maximum absolute atomic E-state index is 5.22. The summed E-state index contributed by atoms with van der Waals surface area (Å²) in [7, 11) is 1.67. The zero-order chi connectivity index (χ0) is 15.2. The maximum atomic E-state index is 5.22. The quantitative estimate of drug-likeness (QED) is 0.848. The number of aryl methyl sites for hydroxylation is 2. The molecule has 0 unspecified atom stereocenters. The van der Waals surface area contributed by atoms with Gasteiger partial charge in [-0.2, -0.15) is 4.98 Å². The Kier molecular flexibility index (Phi) is 4.98. The van der Waals surface area contributed by atoms with Crippen molar-refractivity contribution < 1.29 is 4.74 Å². The van der Waals surface area contributed by atoms with Crippen molar-refractivity contribution in [1.29, 1.82) is 0 Å². The van der Waals surface area contributed by atoms with Gasteiger partial charge >= 0.3 is 0 Å². The van der Waals surface area contributed by atoms with E-state index in [-0.39, 0.29) is 0 Å². The number of benzene rings is 1. The van der Waals surface area contributed by atoms with Crippen molar-refractivity contribution in [3.8, 4) is 5.75 Å². The summed E-state index contributed by atoms with van der Waals surface area (Å²) in [6.45, 7) is 6.98. The Balaban J connectivity index is 2.20. The highest BCUT2D eigenvalue weighted by molar-refractivity contribution is 5.62. The molecule has 2 rings (SSSR count). The molecule has 0 fully saturated rings. The molecule has 1 aromatic heterocycles. The monoisotopic (exact) mass is 286 g/mol. The molecule has 0 aliphatic rings. The Morgan fingerprint density at radius 2 is 1.95 bits per heavy atom. The summed E-state index contributed by atoms with van der Waals surface area (Å²) in [4.78, 5) is 8.87. The number of hydrogen-bond donors (Lipinski definition) is 2. The predicted molar refractivity (Wildman–Crippen MR) is 86.6 cm³/mol. The SMILES string of the molecule is CCCNc1nc(C)cc(Nc2ccc(OC)cc2C)n1. The van der Waals surface area contributed by atoms with Crippen molar-refractivity contribution >= 4 is 17.5 Å². The molecular weight excluding hydrogens is 264 g/mol. The lowest BCUT2D eigenvalue weighted by Crippen LogP contribution is -2.07. The summed E-state index contributed by atoms with van der Waals surface area (Å²) >= 11 is 0. The standard InChI is InChI=1S/C16H22N4O/c1-5-8-17-16-18-12(3)10-15(20-16)19-14-7-6-13(21-4)9-11(14)2/h6-7,9-10H,5,8H2,1-4H3,(H2,17,18,19,20). The average molecular weight is 286 g/mol. The highest BCUT2D eigenvalue weighted by Gasteiger charge is 2.05. The van der Waals surface area contributed by atoms with Gasteiger partial charge < -0.3 is 15.4 Å². The fourth-order valence-electron chi connectivity index (χ4n) is 1.99. The zero-order valence-electron chi connectivity index (χ0n) is 13.0. The van der Waals surface area contributed by atoms with Crippen LogP contribution >= 0.6 is 0 Å². The summed E-state index contributed by atoms with van der Waals surface area (Å²) in [6.07, 6.45) is 1.04. The third-order valence-corrected chi connectivity index (χ3v) is 3.08. The van der Waals surface area contributed by atoms with Gasteiger partial charge in [0.15, 0.2) is 0 Å². The van der Waals surface area contributed by atoms with Crippen LogP contribution in [-0.2, 0) is 0 Å². The number of nitrogens with zero attached hydrogens (tertiary/aromatic N) is 2. The number of hydrogen-bond acceptors (Lipinski definition) is 5. The third-order valence-electron chi connectivity index (χ3n) is 3.08. The van der Waals surface area contributed by atoms with Crippen LogP contribution in [0.1, 0.15) is 24.6 Å². The first kappa shape index (κ1) is 15.1. The average Bonchev–Trinajstić information content (AvgIpc) is 2.46. The lowest BCUT2D eigenvalue weighted by Gasteiger charge is -2.12. The molecule has 0 aliphatic carbocycles. The van der Waals surface area contributed by atoms with Crippen LogP contribution in [0.2, 0.25) is 0 Å². The number of methoxy groups -OCH3 is 1. The molecule has 21 heavy (non-hydrogen) atoms. The first-order valence-corrected chi connectivity index (χ1v) is 7.13. The van der Waals surface area contributed by atoms with Crippen LogP contribution in [-0.4, -0.2) is 23.6 Å². The van der Waals surface area contributed by atoms with Gasteiger partial charge in [-0.3, -0.25) is 0 Å². The minimum Gasteiger partial charge on any atom is -0.497 e. The molecule has 1 aromatic carbocycles. The van der Waals surface area contributed by atoms with Gasteiger partial charge in [-0.05, 0) is 44.0 Å². The molecule has 2 N–H and O–H groups in total. The van der Waals surface area contributed by atoms with Crippen molar-refractivity contribution in [3.63, 3.8) is 0 Å². The second-order valence-electron chi connectivity index (χ2n) is 4.95. The van der Waals surface area contributed by atoms with E-state index >= 15 is 0 Å². The van der Waals surface area contributed by atoms with Gasteiger partial charge in [0, 0.05) is 24.0 Å². The highest BCUT2D eigenvalue weighted by atomic mass is 16.5. The summed E-state index contributed by atoms with van der Waals surface area (Å²) in [6, 6.07) is 7.85. The van der Waals surface area contributed by atoms with E-state index in [1.54, 1.807) is 7.11 Å². The third kappa shape index (κ3) is 4.08. The van der Waals surface area contributed by atoms with E-state index < -0.39 is 0 Å². The molecule has 0 saturated heterocycles. The molecule has 0 saturated carbocycles. The molecule has 5 nitrogen and oxygen atoms in total. The van der Waals surface area contributed by atoms with Crippen molar-refractivity contribution in [2.75, 3.05) is 24.3 Å². The first-order valence-electron chi connectivity index (χ1n) is 7.13. The summed E-state index contributed by atoms with van der Waals surface area (Å²) < 4.78 is 5.22. The number of aromatic nitrogens is 2. The van der Waals surface area contributed by atoms with Crippen LogP contribution in [0.5, 0.6) is 5.75 Å². The van der Waals surface area contributed by atoms with Gasteiger partial charge in [-0.15, -0.1) is 0 Å². The van der Waals surface area contributed by atoms with E-state index in [1.165, 1.54) is 0 Å². The van der Waals surface area contributed by atoms with E-state index in [0.29, 0.717) is 5.95 Å². The van der Waals surface area contributed by atoms with E-state index in [2.05, 4.69) is 27.5 Å². The van der Waals surface area contributed by atoms with Crippen LogP contribution in [0.25, 0.3) is 0 Å². The summed E-state index contributed by atoms with van der Waals surface area (Å²) in [5.41, 5.74) is 3.04. The zero-order valence-corrected chi connectivity index (χ0v) is 13.0. The topological polar surface area (TPSA) is 59.1 Å². The van der Waals surface area contributed by atoms with E-state index in [0.717, 1.165) is 41.5 Å². The predicted octanol–water partition coefficient (Wildman–Crippen LogP) is 3.67. The normalized spacial score (nSPS) is 10.3. The molecule has 0 atom stereocenters. The van der Waals surface area contributed by atoms with E-state index in [1.807, 2.05) is 38.1 Å². The van der Waals surface area contributed by atoms with Gasteiger partial charge in [0.1, 0.15) is 11.6 Å². The van der Waals surface area contributed by atoms with Gasteiger partial charge in [0.2, 0.25) is 5.95 Å². The van der Waals surface area contributed by atoms with Crippen molar-refractivity contribution in [1.82, 2.24) is 9.97 Å². The van der Waals surface area contributed by atoms with Crippen LogP contribution < -0.4 is 15.4 Å². The Morgan fingerprint density at radius 3 is 2.62 bits per heavy atom. The summed E-state index contributed by atoms with van der Waals surface area (Å²) in [5.74, 6) is 2.29. The Morgan fingerprint density at radius 1 is 1.14 bits per heavy atom. The smallest absolute Gasteiger partial charge is 0.224 e. The maximum Gasteiger partial charge on any atom is 0.224 e. The van der Waals surface area contributed by atoms with Gasteiger partial charge in [-0.25, -0.2) is 4.98 Å². The second-order valence-corrected chi connectivity index (χ2v) is 4.95. The molecule has 0 bridgehead atoms. The van der Waals surface area contributed by atoms with Gasteiger partial charge in [0.25, 0.3) is 0 Å². The minimum atomic E-state index is 0.658. The van der Waals surface area contributed by atoms with Gasteiger partial charge in [-0.1, -0.05) is 6.92 Å². The molecular formula is C16H22N4O. The molecule has 0 spiro atoms. The second kappa shape index (κ2) is 6.92. The Labute approximate surface area is 125 Å². The molecule has 1 heterocycles. The van der Waals surface area contributed by atoms with Crippen LogP contribution in [0.4, 0.5) is 17.5 Å². The number of rotatable bonds is 6. The van der Waals surface area contributed by atoms with Crippen LogP contribution in [0.15, 0.2) is 24.3 Å². The number of nitrogens with one attached hydrogen (secondary N) is 2. The molecule has 112 valence electrons. The fourth-order valence-corrected chi connectivity index (χ4v) is 1.99. The minimum absolute atomic E-state index is 0.658. The largest absolute Gasteiger partial charge is 0.497 e. The fraction of sp³-hybridized carbons (Fsp3) is 0.375. The van der Waals surface area contributed by atoms with Crippen LogP contribution in [0, 0.1) is 13.8 Å². The van der Waals surface area contributed by atoms with Crippen molar-refractivity contribution in [2.45, 2.75) is 27.2 Å². The summed E-state index contributed by atoms with van der Waals surface area (Å²) in [5, 5.41) is 6.55. The van der Waals surface area contributed by atoms with Gasteiger partial charge in [0.05, 0.1) is 7.11 Å². The Hall–Kier alpha value is -2.30. The first-order chi connectivity index (χ1) is 10.1. The van der Waals surface area contributed by atoms with Crippen molar-refractivity contribution in [2.24, 2.45) is 0 Å². The molecule has 5 heteroatoms. The Bertz CT molecular complexity index is 613. The molecule has 0 amide bonds. The number of anilines is 3. The molecule has 0 radical (unpaired) electrons.